The number of carbonyl (C=O) groups is 1. The van der Waals surface area contributed by atoms with Gasteiger partial charge in [0.1, 0.15) is 5.75 Å². The quantitative estimate of drug-likeness (QED) is 0.839. The number of benzene rings is 1. The van der Waals surface area contributed by atoms with E-state index in [-0.39, 0.29) is 6.61 Å². The van der Waals surface area contributed by atoms with E-state index in [0.29, 0.717) is 17.7 Å². The maximum atomic E-state index is 10.4. The molecule has 17 heavy (non-hydrogen) atoms. The van der Waals surface area contributed by atoms with Gasteiger partial charge in [0.2, 0.25) is 0 Å². The largest absolute Gasteiger partial charge is 0.482 e. The maximum absolute atomic E-state index is 10.4. The van der Waals surface area contributed by atoms with Crippen molar-refractivity contribution in [1.82, 2.24) is 0 Å². The summed E-state index contributed by atoms with van der Waals surface area (Å²) in [5.41, 5.74) is 2.33. The highest BCUT2D eigenvalue weighted by Crippen LogP contribution is 2.32. The number of aliphatic carboxylic acids is 1. The predicted molar refractivity (Wildman–Crippen MR) is 65.5 cm³/mol. The molecule has 0 fully saturated rings. The molecule has 0 aliphatic carbocycles. The Labute approximate surface area is 101 Å². The first-order valence-electron chi connectivity index (χ1n) is 5.80. The summed E-state index contributed by atoms with van der Waals surface area (Å²) in [4.78, 5) is 10.4. The van der Waals surface area contributed by atoms with Crippen molar-refractivity contribution in [1.29, 1.82) is 0 Å². The summed E-state index contributed by atoms with van der Waals surface area (Å²) in [6.07, 6.45) is 1.02. The second-order valence-corrected chi connectivity index (χ2v) is 4.70. The van der Waals surface area contributed by atoms with Gasteiger partial charge < -0.3 is 15.2 Å². The highest BCUT2D eigenvalue weighted by atomic mass is 16.5. The Morgan fingerprint density at radius 3 is 3.00 bits per heavy atom. The molecule has 1 aliphatic heterocycles. The second-order valence-electron chi connectivity index (χ2n) is 4.70. The van der Waals surface area contributed by atoms with Gasteiger partial charge in [0.15, 0.2) is 6.61 Å². The Balaban J connectivity index is 2.07. The highest BCUT2D eigenvalue weighted by molar-refractivity contribution is 5.68. The average molecular weight is 235 g/mol. The number of rotatable bonds is 4. The Hall–Kier alpha value is -1.71. The topological polar surface area (TPSA) is 58.6 Å². The van der Waals surface area contributed by atoms with E-state index in [1.54, 1.807) is 0 Å². The summed E-state index contributed by atoms with van der Waals surface area (Å²) in [5, 5.41) is 12.0. The van der Waals surface area contributed by atoms with Crippen LogP contribution in [-0.2, 0) is 11.2 Å². The number of hydrogen-bond acceptors (Lipinski definition) is 3. The summed E-state index contributed by atoms with van der Waals surface area (Å²) in [6, 6.07) is 6.16. The van der Waals surface area contributed by atoms with Crippen LogP contribution in [0, 0.1) is 5.92 Å². The molecule has 4 heteroatoms. The lowest BCUT2D eigenvalue weighted by Gasteiger charge is -2.14. The van der Waals surface area contributed by atoms with Crippen LogP contribution in [0.2, 0.25) is 0 Å². The van der Waals surface area contributed by atoms with E-state index in [2.05, 4.69) is 19.2 Å². The average Bonchev–Trinajstić information content (AvgIpc) is 2.69. The van der Waals surface area contributed by atoms with Crippen LogP contribution < -0.4 is 10.1 Å². The molecule has 2 rings (SSSR count). The minimum Gasteiger partial charge on any atom is -0.482 e. The first-order chi connectivity index (χ1) is 8.06. The van der Waals surface area contributed by atoms with Gasteiger partial charge in [0.05, 0.1) is 0 Å². The SMILES string of the molecule is CC(C)C1Cc2ccc(OCC(=O)O)cc2N1. The van der Waals surface area contributed by atoms with Crippen LogP contribution in [0.5, 0.6) is 5.75 Å². The Morgan fingerprint density at radius 2 is 2.35 bits per heavy atom. The van der Waals surface area contributed by atoms with Gasteiger partial charge in [-0.25, -0.2) is 4.79 Å². The molecule has 0 radical (unpaired) electrons. The first-order valence-corrected chi connectivity index (χ1v) is 5.80. The zero-order valence-electron chi connectivity index (χ0n) is 10.1. The molecule has 0 aromatic heterocycles. The van der Waals surface area contributed by atoms with Crippen molar-refractivity contribution < 1.29 is 14.6 Å². The molecule has 1 aliphatic rings. The number of carboxylic acids is 1. The third kappa shape index (κ3) is 2.70. The van der Waals surface area contributed by atoms with E-state index >= 15 is 0 Å². The zero-order chi connectivity index (χ0) is 12.4. The molecule has 1 aromatic carbocycles. The van der Waals surface area contributed by atoms with E-state index in [9.17, 15) is 4.79 Å². The predicted octanol–water partition coefficient (Wildman–Crippen LogP) is 2.14. The van der Waals surface area contributed by atoms with Crippen molar-refractivity contribution in [2.75, 3.05) is 11.9 Å². The lowest BCUT2D eigenvalue weighted by atomic mass is 10.0. The molecular formula is C13H17NO3. The lowest BCUT2D eigenvalue weighted by molar-refractivity contribution is -0.139. The minimum atomic E-state index is -0.960. The molecule has 92 valence electrons. The molecule has 0 spiro atoms. The van der Waals surface area contributed by atoms with E-state index in [4.69, 9.17) is 9.84 Å². The van der Waals surface area contributed by atoms with Gasteiger partial charge in [-0.15, -0.1) is 0 Å². The maximum Gasteiger partial charge on any atom is 0.341 e. The fourth-order valence-electron chi connectivity index (χ4n) is 1.99. The Bertz CT molecular complexity index is 429. The summed E-state index contributed by atoms with van der Waals surface area (Å²) in [5.74, 6) is 0.215. The first kappa shape index (κ1) is 11.8. The molecule has 1 unspecified atom stereocenters. The van der Waals surface area contributed by atoms with Crippen LogP contribution in [0.3, 0.4) is 0 Å². The summed E-state index contributed by atoms with van der Waals surface area (Å²) >= 11 is 0. The molecule has 1 heterocycles. The van der Waals surface area contributed by atoms with Gasteiger partial charge in [-0.05, 0) is 24.0 Å². The van der Waals surface area contributed by atoms with Crippen LogP contribution in [0.25, 0.3) is 0 Å². The van der Waals surface area contributed by atoms with Crippen molar-refractivity contribution in [3.05, 3.63) is 23.8 Å². The number of carboxylic acid groups (broad SMARTS) is 1. The van der Waals surface area contributed by atoms with Gasteiger partial charge in [-0.1, -0.05) is 19.9 Å². The van der Waals surface area contributed by atoms with Crippen LogP contribution in [0.15, 0.2) is 18.2 Å². The van der Waals surface area contributed by atoms with Gasteiger partial charge in [-0.3, -0.25) is 0 Å². The number of anilines is 1. The summed E-state index contributed by atoms with van der Waals surface area (Å²) < 4.78 is 5.15. The number of fused-ring (bicyclic) bond motifs is 1. The summed E-state index contributed by atoms with van der Waals surface area (Å²) in [6.45, 7) is 4.07. The molecule has 0 saturated carbocycles. The van der Waals surface area contributed by atoms with Crippen molar-refractivity contribution in [3.63, 3.8) is 0 Å². The Kier molecular flexibility index (Phi) is 3.22. The number of ether oxygens (including phenoxy) is 1. The standard InChI is InChI=1S/C13H17NO3/c1-8(2)11-5-9-3-4-10(6-12(9)14-11)17-7-13(15)16/h3-4,6,8,11,14H,5,7H2,1-2H3,(H,15,16). The molecule has 1 atom stereocenters. The molecule has 4 nitrogen and oxygen atoms in total. The van der Waals surface area contributed by atoms with Crippen molar-refractivity contribution in [2.45, 2.75) is 26.3 Å². The molecule has 0 bridgehead atoms. The third-order valence-electron chi connectivity index (χ3n) is 3.03. The summed E-state index contributed by atoms with van der Waals surface area (Å²) in [7, 11) is 0. The van der Waals surface area contributed by atoms with E-state index < -0.39 is 5.97 Å². The molecule has 2 N–H and O–H groups in total. The molecule has 0 saturated heterocycles. The van der Waals surface area contributed by atoms with Gasteiger partial charge in [0, 0.05) is 17.8 Å². The normalized spacial score (nSPS) is 17.7. The van der Waals surface area contributed by atoms with Crippen LogP contribution in [0.1, 0.15) is 19.4 Å². The second kappa shape index (κ2) is 4.65. The molecular weight excluding hydrogens is 218 g/mol. The van der Waals surface area contributed by atoms with Crippen molar-refractivity contribution >= 4 is 11.7 Å². The monoisotopic (exact) mass is 235 g/mol. The van der Waals surface area contributed by atoms with Crippen LogP contribution in [0.4, 0.5) is 5.69 Å². The van der Waals surface area contributed by atoms with E-state index in [0.717, 1.165) is 12.1 Å². The highest BCUT2D eigenvalue weighted by Gasteiger charge is 2.23. The van der Waals surface area contributed by atoms with Gasteiger partial charge >= 0.3 is 5.97 Å². The van der Waals surface area contributed by atoms with E-state index in [1.165, 1.54) is 5.56 Å². The van der Waals surface area contributed by atoms with Crippen LogP contribution in [-0.4, -0.2) is 23.7 Å². The zero-order valence-corrected chi connectivity index (χ0v) is 10.1. The number of nitrogens with one attached hydrogen (secondary N) is 1. The molecule has 0 amide bonds. The molecule has 1 aromatic rings. The van der Waals surface area contributed by atoms with Crippen molar-refractivity contribution in [2.24, 2.45) is 5.92 Å². The van der Waals surface area contributed by atoms with E-state index in [1.807, 2.05) is 18.2 Å². The number of hydrogen-bond donors (Lipinski definition) is 2. The lowest BCUT2D eigenvalue weighted by Crippen LogP contribution is -2.21. The van der Waals surface area contributed by atoms with Crippen LogP contribution >= 0.6 is 0 Å². The Morgan fingerprint density at radius 1 is 1.59 bits per heavy atom. The third-order valence-corrected chi connectivity index (χ3v) is 3.03. The van der Waals surface area contributed by atoms with Gasteiger partial charge in [0.25, 0.3) is 0 Å². The fraction of sp³-hybridized carbons (Fsp3) is 0.462. The minimum absolute atomic E-state index is 0.299. The van der Waals surface area contributed by atoms with Crippen molar-refractivity contribution in [3.8, 4) is 5.75 Å². The smallest absolute Gasteiger partial charge is 0.341 e. The van der Waals surface area contributed by atoms with Gasteiger partial charge in [-0.2, -0.15) is 0 Å². The fourth-order valence-corrected chi connectivity index (χ4v) is 1.99.